The van der Waals surface area contributed by atoms with Gasteiger partial charge in [0, 0.05) is 10.0 Å². The Morgan fingerprint density at radius 2 is 2.14 bits per heavy atom. The minimum atomic E-state index is -0.596. The fourth-order valence-electron chi connectivity index (χ4n) is 1.90. The lowest BCUT2D eigenvalue weighted by Crippen LogP contribution is -2.13. The van der Waals surface area contributed by atoms with Crippen LogP contribution in [0.2, 0.25) is 10.0 Å². The van der Waals surface area contributed by atoms with Crippen LogP contribution in [-0.4, -0.2) is 23.4 Å². The van der Waals surface area contributed by atoms with Gasteiger partial charge in [0.1, 0.15) is 11.3 Å². The van der Waals surface area contributed by atoms with Gasteiger partial charge in [0.05, 0.1) is 12.3 Å². The van der Waals surface area contributed by atoms with Crippen LogP contribution in [0.4, 0.5) is 0 Å². The molecule has 0 atom stereocenters. The van der Waals surface area contributed by atoms with E-state index in [9.17, 15) is 9.90 Å². The molecule has 1 aromatic rings. The molecule has 1 aromatic carbocycles. The predicted octanol–water partition coefficient (Wildman–Crippen LogP) is 4.18. The number of aliphatic imine (C=N–C) groups is 1. The number of benzene rings is 1. The zero-order chi connectivity index (χ0) is 15.6. The maximum absolute atomic E-state index is 11.8. The van der Waals surface area contributed by atoms with Gasteiger partial charge in [-0.15, -0.1) is 0 Å². The Morgan fingerprint density at radius 1 is 1.43 bits per heavy atom. The highest BCUT2D eigenvalue weighted by molar-refractivity contribution is 6.35. The van der Waals surface area contributed by atoms with E-state index in [1.54, 1.807) is 38.1 Å². The van der Waals surface area contributed by atoms with Crippen molar-refractivity contribution in [2.24, 2.45) is 4.99 Å². The van der Waals surface area contributed by atoms with Crippen molar-refractivity contribution in [3.63, 3.8) is 0 Å². The molecule has 0 radical (unpaired) electrons. The van der Waals surface area contributed by atoms with Crippen molar-refractivity contribution in [2.45, 2.75) is 13.8 Å². The van der Waals surface area contributed by atoms with E-state index in [4.69, 9.17) is 27.9 Å². The summed E-state index contributed by atoms with van der Waals surface area (Å²) in [5.74, 6) is -0.807. The number of esters is 1. The van der Waals surface area contributed by atoms with E-state index in [1.807, 2.05) is 0 Å². The molecule has 1 N–H and O–H groups in total. The molecule has 0 spiro atoms. The van der Waals surface area contributed by atoms with Crippen LogP contribution < -0.4 is 0 Å². The van der Waals surface area contributed by atoms with Crippen LogP contribution in [0.25, 0.3) is 6.08 Å². The number of nitrogens with zero attached hydrogens (tertiary/aromatic N) is 1. The first kappa shape index (κ1) is 15.6. The van der Waals surface area contributed by atoms with Crippen LogP contribution in [0.5, 0.6) is 0 Å². The molecule has 0 saturated heterocycles. The first-order valence-electron chi connectivity index (χ1n) is 6.27. The monoisotopic (exact) mass is 325 g/mol. The largest absolute Gasteiger partial charge is 0.505 e. The van der Waals surface area contributed by atoms with Crippen molar-refractivity contribution >= 4 is 41.0 Å². The Morgan fingerprint density at radius 3 is 2.76 bits per heavy atom. The lowest BCUT2D eigenvalue weighted by atomic mass is 10.1. The molecule has 0 fully saturated rings. The molecule has 0 unspecified atom stereocenters. The third kappa shape index (κ3) is 3.28. The summed E-state index contributed by atoms with van der Waals surface area (Å²) in [5, 5.41) is 11.1. The van der Waals surface area contributed by atoms with Gasteiger partial charge >= 0.3 is 5.97 Å². The van der Waals surface area contributed by atoms with Gasteiger partial charge in [-0.2, -0.15) is 0 Å². The first-order chi connectivity index (χ1) is 9.93. The van der Waals surface area contributed by atoms with Crippen molar-refractivity contribution in [1.82, 2.24) is 0 Å². The number of hydrogen-bond donors (Lipinski definition) is 1. The van der Waals surface area contributed by atoms with Crippen LogP contribution in [0.15, 0.2) is 40.2 Å². The third-order valence-electron chi connectivity index (χ3n) is 2.86. The standard InChI is InChI=1S/C15H13Cl2NO3/c1-3-21-15(20)13-8(2)18-12(14(13)19)6-9-4-5-10(16)7-11(9)17/h4-7,19H,3H2,1-2H3. The number of aliphatic hydroxyl groups is 1. The molecule has 110 valence electrons. The zero-order valence-corrected chi connectivity index (χ0v) is 13.0. The Bertz CT molecular complexity index is 690. The molecular weight excluding hydrogens is 313 g/mol. The normalized spacial score (nSPS) is 16.4. The summed E-state index contributed by atoms with van der Waals surface area (Å²) in [4.78, 5) is 16.0. The Kier molecular flexibility index (Phi) is 4.70. The molecule has 0 aliphatic carbocycles. The number of carbonyl (C=O) groups is 1. The highest BCUT2D eigenvalue weighted by Crippen LogP contribution is 2.29. The second-order valence-electron chi connectivity index (χ2n) is 4.34. The van der Waals surface area contributed by atoms with Gasteiger partial charge in [-0.1, -0.05) is 29.3 Å². The van der Waals surface area contributed by atoms with Crippen molar-refractivity contribution in [3.8, 4) is 0 Å². The van der Waals surface area contributed by atoms with Gasteiger partial charge in [-0.3, -0.25) is 0 Å². The lowest BCUT2D eigenvalue weighted by Gasteiger charge is -2.03. The van der Waals surface area contributed by atoms with E-state index < -0.39 is 5.97 Å². The summed E-state index contributed by atoms with van der Waals surface area (Å²) in [6.07, 6.45) is 1.59. The number of carbonyl (C=O) groups excluding carboxylic acids is 1. The van der Waals surface area contributed by atoms with E-state index in [2.05, 4.69) is 4.99 Å². The minimum absolute atomic E-state index is 0.0770. The van der Waals surface area contributed by atoms with Crippen LogP contribution >= 0.6 is 23.2 Å². The lowest BCUT2D eigenvalue weighted by molar-refractivity contribution is -0.138. The van der Waals surface area contributed by atoms with Crippen LogP contribution in [0.3, 0.4) is 0 Å². The zero-order valence-electron chi connectivity index (χ0n) is 11.5. The summed E-state index contributed by atoms with van der Waals surface area (Å²) in [5.41, 5.74) is 1.39. The molecule has 1 heterocycles. The molecule has 1 aliphatic rings. The Hall–Kier alpha value is -1.78. The van der Waals surface area contributed by atoms with Crippen LogP contribution in [-0.2, 0) is 9.53 Å². The smallest absolute Gasteiger partial charge is 0.343 e. The molecule has 1 aliphatic heterocycles. The maximum Gasteiger partial charge on any atom is 0.343 e. The van der Waals surface area contributed by atoms with Crippen molar-refractivity contribution < 1.29 is 14.6 Å². The Balaban J connectivity index is 2.42. The summed E-state index contributed by atoms with van der Waals surface area (Å²) >= 11 is 11.9. The van der Waals surface area contributed by atoms with Crippen molar-refractivity contribution in [1.29, 1.82) is 0 Å². The topological polar surface area (TPSA) is 58.9 Å². The number of aliphatic hydroxyl groups excluding tert-OH is 1. The summed E-state index contributed by atoms with van der Waals surface area (Å²) in [6.45, 7) is 3.55. The molecule has 0 amide bonds. The van der Waals surface area contributed by atoms with Gasteiger partial charge in [-0.25, -0.2) is 9.79 Å². The van der Waals surface area contributed by atoms with E-state index in [1.165, 1.54) is 0 Å². The quantitative estimate of drug-likeness (QED) is 0.848. The number of ether oxygens (including phenoxy) is 1. The van der Waals surface area contributed by atoms with Crippen LogP contribution in [0, 0.1) is 0 Å². The highest BCUT2D eigenvalue weighted by atomic mass is 35.5. The third-order valence-corrected chi connectivity index (χ3v) is 3.43. The van der Waals surface area contributed by atoms with Crippen LogP contribution in [0.1, 0.15) is 19.4 Å². The number of hydrogen-bond acceptors (Lipinski definition) is 4. The fourth-order valence-corrected chi connectivity index (χ4v) is 2.37. The van der Waals surface area contributed by atoms with E-state index in [0.29, 0.717) is 21.3 Å². The summed E-state index contributed by atoms with van der Waals surface area (Å²) in [7, 11) is 0. The minimum Gasteiger partial charge on any atom is -0.505 e. The molecule has 2 rings (SSSR count). The molecule has 4 nitrogen and oxygen atoms in total. The van der Waals surface area contributed by atoms with Gasteiger partial charge in [0.15, 0.2) is 5.76 Å². The highest BCUT2D eigenvalue weighted by Gasteiger charge is 2.27. The first-order valence-corrected chi connectivity index (χ1v) is 7.02. The van der Waals surface area contributed by atoms with Gasteiger partial charge < -0.3 is 9.84 Å². The number of rotatable bonds is 3. The van der Waals surface area contributed by atoms with Gasteiger partial charge in [0.25, 0.3) is 0 Å². The molecule has 21 heavy (non-hydrogen) atoms. The second-order valence-corrected chi connectivity index (χ2v) is 5.18. The molecule has 0 bridgehead atoms. The number of halogens is 2. The SMILES string of the molecule is CCOC(=O)C1=C(O)C(=Cc2ccc(Cl)cc2Cl)N=C1C. The molecule has 0 saturated carbocycles. The molecule has 0 aromatic heterocycles. The predicted molar refractivity (Wildman–Crippen MR) is 83.8 cm³/mol. The van der Waals surface area contributed by atoms with Crippen molar-refractivity contribution in [2.75, 3.05) is 6.61 Å². The maximum atomic E-state index is 11.8. The van der Waals surface area contributed by atoms with E-state index in [-0.39, 0.29) is 23.6 Å². The second kappa shape index (κ2) is 6.33. The summed E-state index contributed by atoms with van der Waals surface area (Å²) in [6, 6.07) is 4.98. The van der Waals surface area contributed by atoms with Gasteiger partial charge in [-0.05, 0) is 37.6 Å². The van der Waals surface area contributed by atoms with Gasteiger partial charge in [0.2, 0.25) is 0 Å². The average Bonchev–Trinajstić information content (AvgIpc) is 2.68. The Labute approximate surface area is 132 Å². The van der Waals surface area contributed by atoms with E-state index in [0.717, 1.165) is 0 Å². The molecule has 6 heteroatoms. The summed E-state index contributed by atoms with van der Waals surface area (Å²) < 4.78 is 4.90. The molecular formula is C15H13Cl2NO3. The van der Waals surface area contributed by atoms with Crippen molar-refractivity contribution in [3.05, 3.63) is 50.8 Å². The van der Waals surface area contributed by atoms with E-state index >= 15 is 0 Å². The fraction of sp³-hybridized carbons (Fsp3) is 0.200. The average molecular weight is 326 g/mol.